The predicted octanol–water partition coefficient (Wildman–Crippen LogP) is 1.91. The van der Waals surface area contributed by atoms with Crippen molar-refractivity contribution in [2.75, 3.05) is 6.54 Å². The van der Waals surface area contributed by atoms with Gasteiger partial charge in [-0.25, -0.2) is 0 Å². The molecule has 3 nitrogen and oxygen atoms in total. The molecule has 0 aromatic heterocycles. The van der Waals surface area contributed by atoms with Gasteiger partial charge in [0, 0.05) is 12.6 Å². The van der Waals surface area contributed by atoms with Crippen LogP contribution in [0.5, 0.6) is 0 Å². The van der Waals surface area contributed by atoms with E-state index >= 15 is 0 Å². The first-order valence-corrected chi connectivity index (χ1v) is 6.59. The molecular weight excluding hydrogens is 200 g/mol. The molecule has 0 heterocycles. The molecule has 3 N–H and O–H groups in total. The minimum Gasteiger partial charge on any atom is -0.356 e. The molecule has 94 valence electrons. The first-order valence-electron chi connectivity index (χ1n) is 6.59. The van der Waals surface area contributed by atoms with E-state index in [1.807, 2.05) is 0 Å². The van der Waals surface area contributed by atoms with E-state index in [1.165, 1.54) is 0 Å². The Labute approximate surface area is 99.2 Å². The van der Waals surface area contributed by atoms with Crippen molar-refractivity contribution < 1.29 is 4.79 Å². The monoisotopic (exact) mass is 226 g/mol. The Morgan fingerprint density at radius 2 is 2.19 bits per heavy atom. The van der Waals surface area contributed by atoms with Crippen LogP contribution in [-0.4, -0.2) is 18.5 Å². The number of carbonyl (C=O) groups is 1. The van der Waals surface area contributed by atoms with Crippen LogP contribution in [-0.2, 0) is 4.79 Å². The van der Waals surface area contributed by atoms with Crippen molar-refractivity contribution in [1.82, 2.24) is 5.32 Å². The quantitative estimate of drug-likeness (QED) is 0.769. The van der Waals surface area contributed by atoms with Gasteiger partial charge in [0.2, 0.25) is 5.91 Å². The highest BCUT2D eigenvalue weighted by Crippen LogP contribution is 2.27. The minimum atomic E-state index is 0.0350. The fraction of sp³-hybridized carbons (Fsp3) is 0.923. The molecule has 16 heavy (non-hydrogen) atoms. The molecule has 1 amide bonds. The lowest BCUT2D eigenvalue weighted by molar-refractivity contribution is -0.127. The maximum atomic E-state index is 12.0. The van der Waals surface area contributed by atoms with Crippen molar-refractivity contribution in [3.05, 3.63) is 0 Å². The number of carbonyl (C=O) groups excluding carboxylic acids is 1. The molecule has 0 aromatic carbocycles. The van der Waals surface area contributed by atoms with Crippen molar-refractivity contribution in [3.63, 3.8) is 0 Å². The van der Waals surface area contributed by atoms with E-state index < -0.39 is 0 Å². The van der Waals surface area contributed by atoms with Crippen molar-refractivity contribution in [2.24, 2.45) is 23.5 Å². The molecule has 0 aromatic rings. The summed E-state index contributed by atoms with van der Waals surface area (Å²) < 4.78 is 0. The predicted molar refractivity (Wildman–Crippen MR) is 66.9 cm³/mol. The summed E-state index contributed by atoms with van der Waals surface area (Å²) in [6.45, 7) is 7.24. The second kappa shape index (κ2) is 6.24. The topological polar surface area (TPSA) is 55.1 Å². The van der Waals surface area contributed by atoms with Gasteiger partial charge in [-0.2, -0.15) is 0 Å². The lowest BCUT2D eigenvalue weighted by Crippen LogP contribution is -2.48. The fourth-order valence-electron chi connectivity index (χ4n) is 2.30. The van der Waals surface area contributed by atoms with Crippen LogP contribution in [0.15, 0.2) is 0 Å². The summed E-state index contributed by atoms with van der Waals surface area (Å²) in [7, 11) is 0. The third kappa shape index (κ3) is 3.48. The molecule has 0 bridgehead atoms. The molecule has 4 atom stereocenters. The molecule has 4 unspecified atom stereocenters. The van der Waals surface area contributed by atoms with Crippen molar-refractivity contribution in [2.45, 2.75) is 52.5 Å². The fourth-order valence-corrected chi connectivity index (χ4v) is 2.30. The summed E-state index contributed by atoms with van der Waals surface area (Å²) in [6.07, 6.45) is 4.36. The Bertz CT molecular complexity index is 230. The van der Waals surface area contributed by atoms with E-state index in [4.69, 9.17) is 5.73 Å². The Hall–Kier alpha value is -0.570. The number of rotatable bonds is 4. The van der Waals surface area contributed by atoms with Gasteiger partial charge >= 0.3 is 0 Å². The molecule has 0 radical (unpaired) electrons. The molecule has 0 spiro atoms. The molecule has 1 rings (SSSR count). The van der Waals surface area contributed by atoms with Crippen LogP contribution in [0.25, 0.3) is 0 Å². The van der Waals surface area contributed by atoms with Crippen LogP contribution < -0.4 is 11.1 Å². The lowest BCUT2D eigenvalue weighted by Gasteiger charge is -2.33. The average molecular weight is 226 g/mol. The zero-order valence-corrected chi connectivity index (χ0v) is 10.8. The van der Waals surface area contributed by atoms with Gasteiger partial charge in [-0.3, -0.25) is 4.79 Å². The number of hydrogen-bond donors (Lipinski definition) is 2. The van der Waals surface area contributed by atoms with E-state index in [-0.39, 0.29) is 17.9 Å². The average Bonchev–Trinajstić information content (AvgIpc) is 2.29. The van der Waals surface area contributed by atoms with Gasteiger partial charge < -0.3 is 11.1 Å². The summed E-state index contributed by atoms with van der Waals surface area (Å²) in [5.74, 6) is 1.24. The van der Waals surface area contributed by atoms with Gasteiger partial charge in [0.05, 0.1) is 5.92 Å². The van der Waals surface area contributed by atoms with E-state index in [0.717, 1.165) is 32.2 Å². The van der Waals surface area contributed by atoms with Crippen molar-refractivity contribution >= 4 is 5.91 Å². The van der Waals surface area contributed by atoms with Crippen LogP contribution in [0.3, 0.4) is 0 Å². The Kier molecular flexibility index (Phi) is 5.26. The summed E-state index contributed by atoms with van der Waals surface area (Å²) >= 11 is 0. The zero-order valence-electron chi connectivity index (χ0n) is 10.8. The van der Waals surface area contributed by atoms with Crippen LogP contribution >= 0.6 is 0 Å². The van der Waals surface area contributed by atoms with Crippen LogP contribution in [0.4, 0.5) is 0 Å². The lowest BCUT2D eigenvalue weighted by atomic mass is 9.78. The Morgan fingerprint density at radius 1 is 1.50 bits per heavy atom. The maximum absolute atomic E-state index is 12.0. The highest BCUT2D eigenvalue weighted by Gasteiger charge is 2.32. The Balaban J connectivity index is 2.40. The van der Waals surface area contributed by atoms with Crippen LogP contribution in [0.1, 0.15) is 46.5 Å². The standard InChI is InChI=1S/C13H26N2O/c1-4-9(2)8-15-13(16)11-7-5-6-10(3)12(11)14/h9-12H,4-8,14H2,1-3H3,(H,15,16). The van der Waals surface area contributed by atoms with Gasteiger partial charge in [0.1, 0.15) is 0 Å². The maximum Gasteiger partial charge on any atom is 0.224 e. The minimum absolute atomic E-state index is 0.0350. The van der Waals surface area contributed by atoms with Gasteiger partial charge in [0.15, 0.2) is 0 Å². The van der Waals surface area contributed by atoms with Gasteiger partial charge in [-0.15, -0.1) is 0 Å². The molecule has 1 aliphatic carbocycles. The molecule has 0 aliphatic heterocycles. The summed E-state index contributed by atoms with van der Waals surface area (Å²) in [5.41, 5.74) is 6.10. The zero-order chi connectivity index (χ0) is 12.1. The number of nitrogens with one attached hydrogen (secondary N) is 1. The summed E-state index contributed by atoms with van der Waals surface area (Å²) in [4.78, 5) is 12.0. The smallest absolute Gasteiger partial charge is 0.224 e. The van der Waals surface area contributed by atoms with Gasteiger partial charge in [-0.1, -0.05) is 33.6 Å². The molecule has 1 fully saturated rings. The summed E-state index contributed by atoms with van der Waals surface area (Å²) in [6, 6.07) is 0.0469. The van der Waals surface area contributed by atoms with Crippen LogP contribution in [0.2, 0.25) is 0 Å². The molecule has 1 saturated carbocycles. The van der Waals surface area contributed by atoms with E-state index in [0.29, 0.717) is 11.8 Å². The summed E-state index contributed by atoms with van der Waals surface area (Å²) in [5, 5.41) is 3.04. The third-order valence-corrected chi connectivity index (χ3v) is 3.95. The van der Waals surface area contributed by atoms with Crippen molar-refractivity contribution in [1.29, 1.82) is 0 Å². The van der Waals surface area contributed by atoms with Gasteiger partial charge in [-0.05, 0) is 24.7 Å². The second-order valence-electron chi connectivity index (χ2n) is 5.35. The number of hydrogen-bond acceptors (Lipinski definition) is 2. The Morgan fingerprint density at radius 3 is 2.81 bits per heavy atom. The second-order valence-corrected chi connectivity index (χ2v) is 5.35. The largest absolute Gasteiger partial charge is 0.356 e. The highest BCUT2D eigenvalue weighted by atomic mass is 16.1. The van der Waals surface area contributed by atoms with E-state index in [2.05, 4.69) is 26.1 Å². The molecule has 3 heteroatoms. The number of amides is 1. The normalized spacial score (nSPS) is 32.1. The van der Waals surface area contributed by atoms with Crippen LogP contribution in [0, 0.1) is 17.8 Å². The van der Waals surface area contributed by atoms with Gasteiger partial charge in [0.25, 0.3) is 0 Å². The SMILES string of the molecule is CCC(C)CNC(=O)C1CCCC(C)C1N. The third-order valence-electron chi connectivity index (χ3n) is 3.95. The van der Waals surface area contributed by atoms with E-state index in [9.17, 15) is 4.79 Å². The first-order chi connectivity index (χ1) is 7.56. The highest BCUT2D eigenvalue weighted by molar-refractivity contribution is 5.79. The van der Waals surface area contributed by atoms with Crippen molar-refractivity contribution in [3.8, 4) is 0 Å². The number of nitrogens with two attached hydrogens (primary N) is 1. The molecule has 0 saturated heterocycles. The van der Waals surface area contributed by atoms with E-state index in [1.54, 1.807) is 0 Å². The molecular formula is C13H26N2O. The molecule has 1 aliphatic rings. The first kappa shape index (κ1) is 13.5.